The molecular weight excluding hydrogens is 522 g/mol. The number of nitrogens with one attached hydrogen (secondary N) is 1. The summed E-state index contributed by atoms with van der Waals surface area (Å²) in [5.41, 5.74) is 2.04. The van der Waals surface area contributed by atoms with E-state index in [-0.39, 0.29) is 23.4 Å². The van der Waals surface area contributed by atoms with Crippen LogP contribution in [0.15, 0.2) is 83.8 Å². The van der Waals surface area contributed by atoms with Gasteiger partial charge in [-0.2, -0.15) is 0 Å². The molecule has 0 aromatic heterocycles. The minimum atomic E-state index is -4.08. The van der Waals surface area contributed by atoms with Crippen molar-refractivity contribution in [3.63, 3.8) is 0 Å². The molecule has 3 aromatic carbocycles. The number of nitrogens with zero attached hydrogens (tertiary/aromatic N) is 2. The van der Waals surface area contributed by atoms with Gasteiger partial charge in [-0.3, -0.25) is 13.9 Å². The minimum absolute atomic E-state index is 0.0774. The van der Waals surface area contributed by atoms with Crippen LogP contribution in [-0.4, -0.2) is 43.8 Å². The van der Waals surface area contributed by atoms with Crippen LogP contribution in [0.1, 0.15) is 38.3 Å². The largest absolute Gasteiger partial charge is 0.352 e. The lowest BCUT2D eigenvalue weighted by Gasteiger charge is -2.33. The Morgan fingerprint density at radius 3 is 2.08 bits per heavy atom. The highest BCUT2D eigenvalue weighted by Crippen LogP contribution is 2.25. The normalized spacial score (nSPS) is 12.2. The van der Waals surface area contributed by atoms with Crippen LogP contribution in [0.3, 0.4) is 0 Å². The molecule has 0 bridgehead atoms. The summed E-state index contributed by atoms with van der Waals surface area (Å²) < 4.78 is 28.7. The summed E-state index contributed by atoms with van der Waals surface area (Å²) in [6.45, 7) is 7.04. The van der Waals surface area contributed by atoms with Crippen LogP contribution < -0.4 is 9.62 Å². The van der Waals surface area contributed by atoms with Crippen molar-refractivity contribution in [2.45, 2.75) is 57.6 Å². The number of anilines is 1. The second-order valence-corrected chi connectivity index (χ2v) is 11.7. The SMILES string of the molecule is CC[C@H](C(=O)NC(C)C)N(Cc1ccc(Cl)cc1)C(=O)CN(c1ccccc1)S(=O)(=O)c1ccc(C)cc1. The number of carbonyl (C=O) groups excluding carboxylic acids is 2. The predicted molar refractivity (Wildman–Crippen MR) is 152 cm³/mol. The Labute approximate surface area is 230 Å². The Balaban J connectivity index is 2.03. The van der Waals surface area contributed by atoms with Gasteiger partial charge in [0.05, 0.1) is 10.6 Å². The van der Waals surface area contributed by atoms with Gasteiger partial charge in [0.1, 0.15) is 12.6 Å². The topological polar surface area (TPSA) is 86.8 Å². The van der Waals surface area contributed by atoms with Crippen molar-refractivity contribution in [2.24, 2.45) is 0 Å². The Hall–Kier alpha value is -3.36. The van der Waals surface area contributed by atoms with Crippen molar-refractivity contribution in [3.05, 3.63) is 95.0 Å². The second kappa shape index (κ2) is 12.9. The molecule has 0 aliphatic heterocycles. The number of halogens is 1. The van der Waals surface area contributed by atoms with E-state index in [1.165, 1.54) is 17.0 Å². The lowest BCUT2D eigenvalue weighted by molar-refractivity contribution is -0.140. The van der Waals surface area contributed by atoms with E-state index in [9.17, 15) is 18.0 Å². The van der Waals surface area contributed by atoms with Crippen LogP contribution in [0, 0.1) is 6.92 Å². The molecule has 0 saturated heterocycles. The third-order valence-electron chi connectivity index (χ3n) is 6.02. The summed E-state index contributed by atoms with van der Waals surface area (Å²) >= 11 is 6.05. The van der Waals surface area contributed by atoms with E-state index in [1.807, 2.05) is 27.7 Å². The zero-order valence-electron chi connectivity index (χ0n) is 22.1. The van der Waals surface area contributed by atoms with Gasteiger partial charge in [0.15, 0.2) is 0 Å². The number of carbonyl (C=O) groups is 2. The van der Waals surface area contributed by atoms with Crippen molar-refractivity contribution in [1.29, 1.82) is 0 Å². The van der Waals surface area contributed by atoms with Crippen molar-refractivity contribution < 1.29 is 18.0 Å². The fraction of sp³-hybridized carbons (Fsp3) is 0.310. The first kappa shape index (κ1) is 29.2. The fourth-order valence-corrected chi connectivity index (χ4v) is 5.59. The van der Waals surface area contributed by atoms with Gasteiger partial charge in [-0.15, -0.1) is 0 Å². The standard InChI is InChI=1S/C29H34ClN3O4S/c1-5-27(29(35)31-21(2)3)32(19-23-13-15-24(30)16-14-23)28(34)20-33(25-9-7-6-8-10-25)38(36,37)26-17-11-22(4)12-18-26/h6-18,21,27H,5,19-20H2,1-4H3,(H,31,35)/t27-/m1/s1. The number of aryl methyl sites for hydroxylation is 1. The molecule has 0 fully saturated rings. The number of sulfonamides is 1. The van der Waals surface area contributed by atoms with Crippen LogP contribution in [0.25, 0.3) is 0 Å². The summed E-state index contributed by atoms with van der Waals surface area (Å²) in [6, 6.07) is 21.1. The summed E-state index contributed by atoms with van der Waals surface area (Å²) in [5.74, 6) is -0.789. The van der Waals surface area contributed by atoms with Gasteiger partial charge in [-0.1, -0.05) is 66.6 Å². The van der Waals surface area contributed by atoms with Crippen LogP contribution in [0.4, 0.5) is 5.69 Å². The van der Waals surface area contributed by atoms with Gasteiger partial charge in [0.2, 0.25) is 11.8 Å². The van der Waals surface area contributed by atoms with Gasteiger partial charge < -0.3 is 10.2 Å². The predicted octanol–water partition coefficient (Wildman–Crippen LogP) is 5.18. The van der Waals surface area contributed by atoms with Gasteiger partial charge >= 0.3 is 0 Å². The molecule has 1 atom stereocenters. The second-order valence-electron chi connectivity index (χ2n) is 9.40. The number of benzene rings is 3. The molecule has 0 radical (unpaired) electrons. The summed E-state index contributed by atoms with van der Waals surface area (Å²) in [4.78, 5) is 28.6. The highest BCUT2D eigenvalue weighted by atomic mass is 35.5. The minimum Gasteiger partial charge on any atom is -0.352 e. The van der Waals surface area contributed by atoms with Crippen LogP contribution in [0.2, 0.25) is 5.02 Å². The van der Waals surface area contributed by atoms with Crippen molar-refractivity contribution >= 4 is 39.1 Å². The van der Waals surface area contributed by atoms with E-state index in [1.54, 1.807) is 66.7 Å². The Morgan fingerprint density at radius 1 is 0.921 bits per heavy atom. The lowest BCUT2D eigenvalue weighted by Crippen LogP contribution is -2.53. The number of hydrogen-bond donors (Lipinski definition) is 1. The van der Waals surface area contributed by atoms with Crippen LogP contribution in [0.5, 0.6) is 0 Å². The average molecular weight is 556 g/mol. The molecule has 3 rings (SSSR count). The monoisotopic (exact) mass is 555 g/mol. The maximum Gasteiger partial charge on any atom is 0.264 e. The molecule has 2 amide bonds. The van der Waals surface area contributed by atoms with E-state index in [0.29, 0.717) is 17.1 Å². The molecule has 1 N–H and O–H groups in total. The summed E-state index contributed by atoms with van der Waals surface area (Å²) in [7, 11) is -4.08. The molecular formula is C29H34ClN3O4S. The van der Waals surface area contributed by atoms with Crippen molar-refractivity contribution in [3.8, 4) is 0 Å². The summed E-state index contributed by atoms with van der Waals surface area (Å²) in [5, 5.41) is 3.44. The molecule has 202 valence electrons. The molecule has 38 heavy (non-hydrogen) atoms. The maximum atomic E-state index is 13.9. The number of amides is 2. The highest BCUT2D eigenvalue weighted by molar-refractivity contribution is 7.92. The number of hydrogen-bond acceptors (Lipinski definition) is 4. The fourth-order valence-electron chi connectivity index (χ4n) is 4.05. The molecule has 0 aliphatic rings. The summed E-state index contributed by atoms with van der Waals surface area (Å²) in [6.07, 6.45) is 0.355. The van der Waals surface area contributed by atoms with E-state index in [0.717, 1.165) is 15.4 Å². The molecule has 0 unspecified atom stereocenters. The van der Waals surface area contributed by atoms with Gasteiger partial charge in [0, 0.05) is 17.6 Å². The van der Waals surface area contributed by atoms with Crippen molar-refractivity contribution in [1.82, 2.24) is 10.2 Å². The number of para-hydroxylation sites is 1. The first-order chi connectivity index (χ1) is 18.0. The molecule has 9 heteroatoms. The Bertz CT molecular complexity index is 1330. The Morgan fingerprint density at radius 2 is 1.53 bits per heavy atom. The third kappa shape index (κ3) is 7.36. The first-order valence-electron chi connectivity index (χ1n) is 12.5. The van der Waals surface area contributed by atoms with E-state index >= 15 is 0 Å². The molecule has 0 saturated carbocycles. The molecule has 7 nitrogen and oxygen atoms in total. The zero-order chi connectivity index (χ0) is 27.9. The molecule has 3 aromatic rings. The smallest absolute Gasteiger partial charge is 0.264 e. The third-order valence-corrected chi connectivity index (χ3v) is 8.06. The van der Waals surface area contributed by atoms with Gasteiger partial charge in [-0.25, -0.2) is 8.42 Å². The molecule has 0 spiro atoms. The quantitative estimate of drug-likeness (QED) is 0.353. The van der Waals surface area contributed by atoms with Crippen LogP contribution in [-0.2, 0) is 26.2 Å². The Kier molecular flexibility index (Phi) is 9.94. The maximum absolute atomic E-state index is 13.9. The highest BCUT2D eigenvalue weighted by Gasteiger charge is 2.33. The molecule has 0 aliphatic carbocycles. The lowest BCUT2D eigenvalue weighted by atomic mass is 10.1. The average Bonchev–Trinajstić information content (AvgIpc) is 2.88. The number of rotatable bonds is 11. The van der Waals surface area contributed by atoms with Gasteiger partial charge in [0.25, 0.3) is 10.0 Å². The van der Waals surface area contributed by atoms with Gasteiger partial charge in [-0.05, 0) is 69.2 Å². The van der Waals surface area contributed by atoms with E-state index < -0.39 is 28.5 Å². The zero-order valence-corrected chi connectivity index (χ0v) is 23.7. The van der Waals surface area contributed by atoms with E-state index in [4.69, 9.17) is 11.6 Å². The van der Waals surface area contributed by atoms with E-state index in [2.05, 4.69) is 5.32 Å². The van der Waals surface area contributed by atoms with Crippen LogP contribution >= 0.6 is 11.6 Å². The first-order valence-corrected chi connectivity index (χ1v) is 14.3. The van der Waals surface area contributed by atoms with Crippen molar-refractivity contribution in [2.75, 3.05) is 10.8 Å². The molecule has 0 heterocycles.